The van der Waals surface area contributed by atoms with E-state index >= 15 is 0 Å². The molecule has 0 aliphatic rings. The quantitative estimate of drug-likeness (QED) is 0.648. The summed E-state index contributed by atoms with van der Waals surface area (Å²) < 4.78 is 12.5. The van der Waals surface area contributed by atoms with E-state index in [0.717, 1.165) is 0 Å². The molecule has 1 N–H and O–H groups in total. The number of hydrogen-bond donors (Lipinski definition) is 1. The zero-order chi connectivity index (χ0) is 16.1. The summed E-state index contributed by atoms with van der Waals surface area (Å²) in [5.41, 5.74) is 3.40. The van der Waals surface area contributed by atoms with E-state index < -0.39 is 5.91 Å². The van der Waals surface area contributed by atoms with E-state index in [9.17, 15) is 4.79 Å². The Morgan fingerprint density at radius 2 is 2.18 bits per heavy atom. The Bertz CT molecular complexity index is 712. The van der Waals surface area contributed by atoms with Gasteiger partial charge >= 0.3 is 0 Å². The lowest BCUT2D eigenvalue weighted by Crippen LogP contribution is -2.19. The van der Waals surface area contributed by atoms with Crippen molar-refractivity contribution < 1.29 is 14.3 Å². The molecule has 8 heteroatoms. The molecule has 0 unspecified atom stereocenters. The first-order chi connectivity index (χ1) is 10.5. The van der Waals surface area contributed by atoms with Gasteiger partial charge in [0.2, 0.25) is 0 Å². The second-order valence-electron chi connectivity index (χ2n) is 4.31. The van der Waals surface area contributed by atoms with Gasteiger partial charge in [-0.2, -0.15) is 10.2 Å². The second-order valence-corrected chi connectivity index (χ2v) is 5.16. The van der Waals surface area contributed by atoms with Crippen LogP contribution in [0.2, 0.25) is 0 Å². The molecular weight excluding hydrogens is 352 g/mol. The Balaban J connectivity index is 2.09. The summed E-state index contributed by atoms with van der Waals surface area (Å²) in [6.07, 6.45) is 3.18. The minimum Gasteiger partial charge on any atom is -0.497 e. The van der Waals surface area contributed by atoms with Crippen molar-refractivity contribution in [3.63, 3.8) is 0 Å². The van der Waals surface area contributed by atoms with Crippen molar-refractivity contribution in [3.8, 4) is 11.5 Å². The minimum absolute atomic E-state index is 0.265. The highest BCUT2D eigenvalue weighted by Crippen LogP contribution is 2.23. The van der Waals surface area contributed by atoms with Gasteiger partial charge in [0.1, 0.15) is 11.5 Å². The average molecular weight is 367 g/mol. The van der Waals surface area contributed by atoms with Crippen molar-refractivity contribution in [3.05, 3.63) is 40.1 Å². The number of hydrogen-bond acceptors (Lipinski definition) is 5. The number of carbonyl (C=O) groups excluding carboxylic acids is 1. The Morgan fingerprint density at radius 1 is 1.41 bits per heavy atom. The van der Waals surface area contributed by atoms with Crippen LogP contribution in [-0.2, 0) is 7.05 Å². The van der Waals surface area contributed by atoms with Crippen LogP contribution in [0.1, 0.15) is 16.1 Å². The van der Waals surface area contributed by atoms with Gasteiger partial charge in [0, 0.05) is 24.9 Å². The normalized spacial score (nSPS) is 10.7. The first-order valence-corrected chi connectivity index (χ1v) is 7.09. The van der Waals surface area contributed by atoms with E-state index in [1.807, 2.05) is 0 Å². The van der Waals surface area contributed by atoms with E-state index in [1.54, 1.807) is 45.7 Å². The standard InChI is InChI=1S/C14H15BrN4O3/c1-19-8-11(15)13(18-19)14(20)17-16-7-9-4-5-10(21-2)6-12(9)22-3/h4-8H,1-3H3,(H,17,20)/b16-7+. The van der Waals surface area contributed by atoms with Gasteiger partial charge in [-0.05, 0) is 28.1 Å². The zero-order valence-corrected chi connectivity index (χ0v) is 13.9. The Kier molecular flexibility index (Phi) is 5.16. The van der Waals surface area contributed by atoms with Crippen LogP contribution in [0.3, 0.4) is 0 Å². The SMILES string of the molecule is COc1ccc(/C=N/NC(=O)c2nn(C)cc2Br)c(OC)c1. The fourth-order valence-corrected chi connectivity index (χ4v) is 2.31. The molecule has 0 spiro atoms. The number of aromatic nitrogens is 2. The van der Waals surface area contributed by atoms with Crippen LogP contribution in [-0.4, -0.2) is 36.1 Å². The van der Waals surface area contributed by atoms with Crippen molar-refractivity contribution in [1.82, 2.24) is 15.2 Å². The summed E-state index contributed by atoms with van der Waals surface area (Å²) in [6, 6.07) is 5.30. The number of benzene rings is 1. The largest absolute Gasteiger partial charge is 0.497 e. The van der Waals surface area contributed by atoms with Gasteiger partial charge < -0.3 is 9.47 Å². The van der Waals surface area contributed by atoms with E-state index in [-0.39, 0.29) is 5.69 Å². The fourth-order valence-electron chi connectivity index (χ4n) is 1.75. The molecule has 1 heterocycles. The monoisotopic (exact) mass is 366 g/mol. The first kappa shape index (κ1) is 16.0. The Hall–Kier alpha value is -2.35. The molecule has 0 saturated heterocycles. The molecule has 0 aliphatic carbocycles. The molecule has 0 radical (unpaired) electrons. The van der Waals surface area contributed by atoms with Gasteiger partial charge in [0.15, 0.2) is 5.69 Å². The summed E-state index contributed by atoms with van der Waals surface area (Å²) >= 11 is 3.26. The molecule has 0 fully saturated rings. The summed E-state index contributed by atoms with van der Waals surface area (Å²) in [5.74, 6) is 0.864. The van der Waals surface area contributed by atoms with E-state index in [2.05, 4.69) is 31.6 Å². The molecule has 7 nitrogen and oxygen atoms in total. The number of nitrogens with zero attached hydrogens (tertiary/aromatic N) is 3. The molecule has 0 saturated carbocycles. The van der Waals surface area contributed by atoms with Gasteiger partial charge in [-0.3, -0.25) is 9.48 Å². The molecule has 0 aliphatic heterocycles. The van der Waals surface area contributed by atoms with Crippen molar-refractivity contribution in [2.24, 2.45) is 12.1 Å². The molecule has 116 valence electrons. The molecule has 1 amide bonds. The Morgan fingerprint density at radius 3 is 2.77 bits per heavy atom. The smallest absolute Gasteiger partial charge is 0.293 e. The number of rotatable bonds is 5. The predicted octanol–water partition coefficient (Wildman–Crippen LogP) is 1.96. The maximum atomic E-state index is 11.9. The number of amides is 1. The second kappa shape index (κ2) is 7.08. The maximum absolute atomic E-state index is 11.9. The van der Waals surface area contributed by atoms with E-state index in [4.69, 9.17) is 9.47 Å². The first-order valence-electron chi connectivity index (χ1n) is 6.29. The van der Waals surface area contributed by atoms with Crippen LogP contribution >= 0.6 is 15.9 Å². The van der Waals surface area contributed by atoms with E-state index in [1.165, 1.54) is 10.9 Å². The summed E-state index contributed by atoms with van der Waals surface area (Å²) in [5, 5.41) is 7.95. The third-order valence-electron chi connectivity index (χ3n) is 2.81. The van der Waals surface area contributed by atoms with Crippen LogP contribution in [0.15, 0.2) is 34.0 Å². The number of halogens is 1. The summed E-state index contributed by atoms with van der Waals surface area (Å²) in [4.78, 5) is 11.9. The molecule has 1 aromatic heterocycles. The lowest BCUT2D eigenvalue weighted by atomic mass is 10.2. The van der Waals surface area contributed by atoms with Crippen molar-refractivity contribution in [1.29, 1.82) is 0 Å². The lowest BCUT2D eigenvalue weighted by molar-refractivity contribution is 0.0948. The fraction of sp³-hybridized carbons (Fsp3) is 0.214. The third kappa shape index (κ3) is 3.64. The summed E-state index contributed by atoms with van der Waals surface area (Å²) in [7, 11) is 4.86. The minimum atomic E-state index is -0.406. The van der Waals surface area contributed by atoms with Gasteiger partial charge in [-0.15, -0.1) is 0 Å². The van der Waals surface area contributed by atoms with Crippen LogP contribution < -0.4 is 14.9 Å². The number of hydrazone groups is 1. The molecule has 0 bridgehead atoms. The van der Waals surface area contributed by atoms with Gasteiger partial charge in [0.05, 0.1) is 24.9 Å². The zero-order valence-electron chi connectivity index (χ0n) is 12.3. The topological polar surface area (TPSA) is 77.7 Å². The average Bonchev–Trinajstić information content (AvgIpc) is 2.86. The van der Waals surface area contributed by atoms with Crippen molar-refractivity contribution in [2.45, 2.75) is 0 Å². The highest BCUT2D eigenvalue weighted by atomic mass is 79.9. The van der Waals surface area contributed by atoms with Crippen LogP contribution in [0.5, 0.6) is 11.5 Å². The Labute approximate surface area is 136 Å². The third-order valence-corrected chi connectivity index (χ3v) is 3.39. The molecule has 1 aromatic carbocycles. The molecule has 2 aromatic rings. The number of aryl methyl sites for hydroxylation is 1. The lowest BCUT2D eigenvalue weighted by Gasteiger charge is -2.06. The molecule has 22 heavy (non-hydrogen) atoms. The van der Waals surface area contributed by atoms with E-state index in [0.29, 0.717) is 21.5 Å². The summed E-state index contributed by atoms with van der Waals surface area (Å²) in [6.45, 7) is 0. The predicted molar refractivity (Wildman–Crippen MR) is 85.5 cm³/mol. The van der Waals surface area contributed by atoms with Crippen LogP contribution in [0, 0.1) is 0 Å². The highest BCUT2D eigenvalue weighted by molar-refractivity contribution is 9.10. The van der Waals surface area contributed by atoms with Crippen LogP contribution in [0.4, 0.5) is 0 Å². The van der Waals surface area contributed by atoms with Crippen molar-refractivity contribution in [2.75, 3.05) is 14.2 Å². The van der Waals surface area contributed by atoms with Gasteiger partial charge in [-0.25, -0.2) is 5.43 Å². The van der Waals surface area contributed by atoms with Crippen molar-refractivity contribution >= 4 is 28.1 Å². The number of ether oxygens (including phenoxy) is 2. The van der Waals surface area contributed by atoms with Gasteiger partial charge in [-0.1, -0.05) is 0 Å². The molecular formula is C14H15BrN4O3. The molecule has 0 atom stereocenters. The highest BCUT2D eigenvalue weighted by Gasteiger charge is 2.13. The van der Waals surface area contributed by atoms with Crippen LogP contribution in [0.25, 0.3) is 0 Å². The maximum Gasteiger partial charge on any atom is 0.293 e. The number of methoxy groups -OCH3 is 2. The number of nitrogens with one attached hydrogen (secondary N) is 1. The molecule has 2 rings (SSSR count). The van der Waals surface area contributed by atoms with Gasteiger partial charge in [0.25, 0.3) is 5.91 Å². The number of carbonyl (C=O) groups is 1.